The third kappa shape index (κ3) is 6.78. The molecular formula is C23H29N5O4S. The van der Waals surface area contributed by atoms with Crippen molar-refractivity contribution in [3.8, 4) is 6.07 Å². The van der Waals surface area contributed by atoms with Gasteiger partial charge in [0.05, 0.1) is 13.2 Å². The molecule has 0 saturated carbocycles. The fourth-order valence-corrected chi connectivity index (χ4v) is 4.14. The van der Waals surface area contributed by atoms with Crippen molar-refractivity contribution >= 4 is 46.4 Å². The van der Waals surface area contributed by atoms with E-state index in [-0.39, 0.29) is 28.3 Å². The monoisotopic (exact) mass is 471 g/mol. The van der Waals surface area contributed by atoms with E-state index in [1.807, 2.05) is 24.8 Å². The van der Waals surface area contributed by atoms with Crippen LogP contribution in [0.15, 0.2) is 29.1 Å². The van der Waals surface area contributed by atoms with Crippen molar-refractivity contribution in [3.05, 3.63) is 43.8 Å². The first kappa shape index (κ1) is 25.8. The Balaban J connectivity index is 2.32. The standard InChI is InChI=1S/C23H29N5O4S/c1-5-27(6-2)15-20(29)26-17-11-9-10-16(12-17)25-14-19-21(30)28(7-3)22(33-19)18(13-24)23(31)32-8-4/h9-12,14,25H,5-8,15H2,1-4H3,(H,26,29). The van der Waals surface area contributed by atoms with Crippen molar-refractivity contribution in [2.24, 2.45) is 0 Å². The van der Waals surface area contributed by atoms with E-state index >= 15 is 0 Å². The molecule has 0 fully saturated rings. The minimum Gasteiger partial charge on any atom is -0.462 e. The predicted octanol–water partition coefficient (Wildman–Crippen LogP) is 1.30. The molecule has 0 spiro atoms. The summed E-state index contributed by atoms with van der Waals surface area (Å²) < 4.78 is 6.90. The normalized spacial score (nSPS) is 12.3. The Morgan fingerprint density at radius 1 is 1.21 bits per heavy atom. The Morgan fingerprint density at radius 3 is 2.52 bits per heavy atom. The lowest BCUT2D eigenvalue weighted by Gasteiger charge is -2.17. The van der Waals surface area contributed by atoms with Crippen LogP contribution >= 0.6 is 11.3 Å². The smallest absolute Gasteiger partial charge is 0.351 e. The van der Waals surface area contributed by atoms with Gasteiger partial charge >= 0.3 is 5.97 Å². The molecule has 176 valence electrons. The van der Waals surface area contributed by atoms with Crippen molar-refractivity contribution in [1.29, 1.82) is 5.26 Å². The third-order valence-electron chi connectivity index (χ3n) is 4.81. The summed E-state index contributed by atoms with van der Waals surface area (Å²) in [6, 6.07) is 8.98. The number of benzene rings is 1. The summed E-state index contributed by atoms with van der Waals surface area (Å²) in [5, 5.41) is 15.4. The number of anilines is 2. The van der Waals surface area contributed by atoms with Gasteiger partial charge in [-0.3, -0.25) is 19.1 Å². The molecule has 2 N–H and O–H groups in total. The topological polar surface area (TPSA) is 116 Å². The van der Waals surface area contributed by atoms with Crippen LogP contribution in [-0.2, 0) is 20.9 Å². The number of thiazole rings is 1. The summed E-state index contributed by atoms with van der Waals surface area (Å²) in [7, 11) is 0. The molecule has 9 nitrogen and oxygen atoms in total. The van der Waals surface area contributed by atoms with Crippen LogP contribution in [-0.4, -0.2) is 47.6 Å². The van der Waals surface area contributed by atoms with Crippen LogP contribution in [0, 0.1) is 11.3 Å². The largest absolute Gasteiger partial charge is 0.462 e. The van der Waals surface area contributed by atoms with E-state index in [0.29, 0.717) is 29.0 Å². The second-order valence-electron chi connectivity index (χ2n) is 6.91. The van der Waals surface area contributed by atoms with Crippen molar-refractivity contribution in [2.45, 2.75) is 34.2 Å². The van der Waals surface area contributed by atoms with Crippen molar-refractivity contribution in [3.63, 3.8) is 0 Å². The number of nitriles is 1. The minimum atomic E-state index is -0.754. The average Bonchev–Trinajstić information content (AvgIpc) is 3.11. The van der Waals surface area contributed by atoms with Gasteiger partial charge in [0.15, 0.2) is 5.57 Å². The van der Waals surface area contributed by atoms with E-state index in [0.717, 1.165) is 24.4 Å². The molecule has 0 atom stereocenters. The number of rotatable bonds is 10. The van der Waals surface area contributed by atoms with E-state index in [9.17, 15) is 19.6 Å². The van der Waals surface area contributed by atoms with Gasteiger partial charge < -0.3 is 15.4 Å². The molecule has 2 rings (SSSR count). The van der Waals surface area contributed by atoms with Crippen molar-refractivity contribution < 1.29 is 14.3 Å². The summed E-state index contributed by atoms with van der Waals surface area (Å²) in [6.45, 7) is 9.75. The van der Waals surface area contributed by atoms with Gasteiger partial charge in [-0.05, 0) is 45.1 Å². The number of nitrogens with zero attached hydrogens (tertiary/aromatic N) is 3. The highest BCUT2D eigenvalue weighted by Gasteiger charge is 2.16. The van der Waals surface area contributed by atoms with Gasteiger partial charge in [0, 0.05) is 24.1 Å². The molecule has 0 aliphatic heterocycles. The fourth-order valence-electron chi connectivity index (χ4n) is 3.06. The number of amides is 1. The molecular weight excluding hydrogens is 442 g/mol. The molecule has 0 unspecified atom stereocenters. The Bertz CT molecular complexity index is 1200. The highest BCUT2D eigenvalue weighted by atomic mass is 32.1. The number of carbonyl (C=O) groups is 2. The lowest BCUT2D eigenvalue weighted by Crippen LogP contribution is -2.33. The molecule has 1 aromatic carbocycles. The number of hydrogen-bond donors (Lipinski definition) is 2. The molecule has 0 aliphatic carbocycles. The maximum atomic E-state index is 12.8. The molecule has 10 heteroatoms. The number of esters is 1. The minimum absolute atomic E-state index is 0.105. The van der Waals surface area contributed by atoms with Crippen molar-refractivity contribution in [1.82, 2.24) is 9.47 Å². The molecule has 33 heavy (non-hydrogen) atoms. The number of ether oxygens (including phenoxy) is 1. The Hall–Kier alpha value is -3.42. The number of nitrogens with one attached hydrogen (secondary N) is 2. The molecule has 1 aromatic heterocycles. The first-order chi connectivity index (χ1) is 15.9. The highest BCUT2D eigenvalue weighted by molar-refractivity contribution is 7.07. The van der Waals surface area contributed by atoms with Gasteiger partial charge in [-0.15, -0.1) is 11.3 Å². The summed E-state index contributed by atoms with van der Waals surface area (Å²) in [4.78, 5) is 39.2. The molecule has 0 radical (unpaired) electrons. The van der Waals surface area contributed by atoms with Gasteiger partial charge in [0.2, 0.25) is 5.91 Å². The van der Waals surface area contributed by atoms with Crippen LogP contribution in [0.4, 0.5) is 11.4 Å². The first-order valence-corrected chi connectivity index (χ1v) is 11.6. The first-order valence-electron chi connectivity index (χ1n) is 10.8. The van der Waals surface area contributed by atoms with Crippen molar-refractivity contribution in [2.75, 3.05) is 36.9 Å². The second-order valence-corrected chi connectivity index (χ2v) is 7.94. The summed E-state index contributed by atoms with van der Waals surface area (Å²) >= 11 is 1.04. The number of aromatic nitrogens is 1. The Labute approximate surface area is 196 Å². The number of hydrogen-bond acceptors (Lipinski definition) is 8. The van der Waals surface area contributed by atoms with Gasteiger partial charge in [0.25, 0.3) is 5.56 Å². The van der Waals surface area contributed by atoms with E-state index in [4.69, 9.17) is 4.74 Å². The SMILES string of the molecule is CCOC(=O)C(C#N)=c1sc(=CNc2cccc(NC(=O)CN(CC)CC)c2)c(=O)n1CC. The molecule has 2 aromatic rings. The van der Waals surface area contributed by atoms with E-state index in [1.165, 1.54) is 10.8 Å². The van der Waals surface area contributed by atoms with Crippen LogP contribution in [0.1, 0.15) is 27.7 Å². The summed E-state index contributed by atoms with van der Waals surface area (Å²) in [6.07, 6.45) is 1.53. The Morgan fingerprint density at radius 2 is 1.91 bits per heavy atom. The lowest BCUT2D eigenvalue weighted by molar-refractivity contribution is -0.136. The summed E-state index contributed by atoms with van der Waals surface area (Å²) in [5.41, 5.74) is 0.790. The van der Waals surface area contributed by atoms with Crippen LogP contribution < -0.4 is 25.4 Å². The average molecular weight is 472 g/mol. The molecule has 1 heterocycles. The fraction of sp³-hybridized carbons (Fsp3) is 0.391. The number of carbonyl (C=O) groups excluding carboxylic acids is 2. The zero-order valence-corrected chi connectivity index (χ0v) is 20.1. The molecule has 0 bridgehead atoms. The predicted molar refractivity (Wildman–Crippen MR) is 130 cm³/mol. The zero-order chi connectivity index (χ0) is 24.4. The van der Waals surface area contributed by atoms with Crippen LogP contribution in [0.5, 0.6) is 0 Å². The van der Waals surface area contributed by atoms with Gasteiger partial charge in [-0.1, -0.05) is 19.9 Å². The molecule has 0 aliphatic rings. The zero-order valence-electron chi connectivity index (χ0n) is 19.3. The molecule has 1 amide bonds. The van der Waals surface area contributed by atoms with E-state index < -0.39 is 5.97 Å². The van der Waals surface area contributed by atoms with Crippen LogP contribution in [0.25, 0.3) is 11.8 Å². The quantitative estimate of drug-likeness (QED) is 0.502. The summed E-state index contributed by atoms with van der Waals surface area (Å²) in [5.74, 6) is -0.858. The van der Waals surface area contributed by atoms with E-state index in [1.54, 1.807) is 38.1 Å². The maximum absolute atomic E-state index is 12.8. The van der Waals surface area contributed by atoms with E-state index in [2.05, 4.69) is 10.6 Å². The molecule has 0 saturated heterocycles. The van der Waals surface area contributed by atoms with Gasteiger partial charge in [0.1, 0.15) is 15.3 Å². The lowest BCUT2D eigenvalue weighted by atomic mass is 10.2. The number of likely N-dealkylation sites (N-methyl/N-ethyl adjacent to an activating group) is 1. The van der Waals surface area contributed by atoms with Gasteiger partial charge in [-0.25, -0.2) is 4.79 Å². The van der Waals surface area contributed by atoms with Crippen LogP contribution in [0.2, 0.25) is 0 Å². The van der Waals surface area contributed by atoms with Crippen LogP contribution in [0.3, 0.4) is 0 Å². The Kier molecular flexibility index (Phi) is 9.84. The third-order valence-corrected chi connectivity index (χ3v) is 5.94. The van der Waals surface area contributed by atoms with Gasteiger partial charge in [-0.2, -0.15) is 5.26 Å². The highest BCUT2D eigenvalue weighted by Crippen LogP contribution is 2.15. The maximum Gasteiger partial charge on any atom is 0.351 e. The second kappa shape index (κ2) is 12.6.